The minimum atomic E-state index is -4.42. The summed E-state index contributed by atoms with van der Waals surface area (Å²) in [4.78, 5) is 10.3. The molecule has 0 atom stereocenters. The highest BCUT2D eigenvalue weighted by Gasteiger charge is 2.41. The second-order valence-corrected chi connectivity index (χ2v) is 6.59. The van der Waals surface area contributed by atoms with Gasteiger partial charge in [-0.05, 0) is 30.4 Å². The van der Waals surface area contributed by atoms with Gasteiger partial charge >= 0.3 is 12.3 Å². The van der Waals surface area contributed by atoms with Crippen LogP contribution in [0.4, 0.5) is 34.6 Å². The number of rotatable bonds is 8. The molecule has 0 radical (unpaired) electrons. The molecule has 0 saturated heterocycles. The van der Waals surface area contributed by atoms with Crippen molar-refractivity contribution in [1.82, 2.24) is 0 Å². The van der Waals surface area contributed by atoms with Crippen LogP contribution in [0.5, 0.6) is 11.5 Å². The molecular formula is C17H14ClF4N3O4S. The molecule has 0 bridgehead atoms. The summed E-state index contributed by atoms with van der Waals surface area (Å²) in [6.45, 7) is -1.66. The fourth-order valence-electron chi connectivity index (χ4n) is 2.15. The monoisotopic (exact) mass is 467 g/mol. The Kier molecular flexibility index (Phi) is 7.62. The van der Waals surface area contributed by atoms with Crippen LogP contribution in [0.2, 0.25) is 5.02 Å². The zero-order chi connectivity index (χ0) is 22.5. The number of non-ortho nitro benzene ring substituents is 1. The second-order valence-electron chi connectivity index (χ2n) is 5.75. The average Bonchev–Trinajstić information content (AvgIpc) is 2.66. The highest BCUT2D eigenvalue weighted by Crippen LogP contribution is 2.30. The molecule has 0 amide bonds. The maximum atomic E-state index is 13.1. The minimum Gasteiger partial charge on any atom is -0.495 e. The van der Waals surface area contributed by atoms with Gasteiger partial charge < -0.3 is 20.1 Å². The van der Waals surface area contributed by atoms with E-state index < -0.39 is 35.3 Å². The molecule has 0 heterocycles. The van der Waals surface area contributed by atoms with E-state index in [2.05, 4.69) is 15.4 Å². The first-order chi connectivity index (χ1) is 14.0. The fraction of sp³-hybridized carbons (Fsp3) is 0.235. The Morgan fingerprint density at radius 3 is 2.57 bits per heavy atom. The van der Waals surface area contributed by atoms with Gasteiger partial charge in [0.2, 0.25) is 0 Å². The predicted molar refractivity (Wildman–Crippen MR) is 107 cm³/mol. The number of alkyl halides is 4. The molecule has 0 saturated carbocycles. The van der Waals surface area contributed by atoms with Gasteiger partial charge in [-0.15, -0.1) is 0 Å². The van der Waals surface area contributed by atoms with E-state index in [9.17, 15) is 27.7 Å². The highest BCUT2D eigenvalue weighted by atomic mass is 35.5. The van der Waals surface area contributed by atoms with E-state index in [-0.39, 0.29) is 10.8 Å². The fourth-order valence-corrected chi connectivity index (χ4v) is 2.55. The third-order valence-electron chi connectivity index (χ3n) is 3.52. The van der Waals surface area contributed by atoms with Gasteiger partial charge in [-0.2, -0.15) is 8.78 Å². The van der Waals surface area contributed by atoms with Crippen LogP contribution in [-0.2, 0) is 0 Å². The summed E-state index contributed by atoms with van der Waals surface area (Å²) < 4.78 is 60.5. The first-order valence-corrected chi connectivity index (χ1v) is 8.80. The van der Waals surface area contributed by atoms with Crippen molar-refractivity contribution in [1.29, 1.82) is 0 Å². The van der Waals surface area contributed by atoms with E-state index >= 15 is 0 Å². The minimum absolute atomic E-state index is 0.00180. The van der Waals surface area contributed by atoms with E-state index in [0.29, 0.717) is 16.5 Å². The lowest BCUT2D eigenvalue weighted by Gasteiger charge is -2.17. The van der Waals surface area contributed by atoms with E-state index in [1.54, 1.807) is 12.1 Å². The van der Waals surface area contributed by atoms with Crippen LogP contribution in [0.1, 0.15) is 0 Å². The molecule has 0 unspecified atom stereocenters. The smallest absolute Gasteiger partial charge is 0.340 e. The van der Waals surface area contributed by atoms with Crippen molar-refractivity contribution < 1.29 is 32.0 Å². The lowest BCUT2D eigenvalue weighted by atomic mass is 10.2. The van der Waals surface area contributed by atoms with Crippen molar-refractivity contribution in [3.8, 4) is 11.5 Å². The SMILES string of the molecule is COc1ccc(Cl)cc1NC(=S)Nc1cc(OCC(F)(F)C(F)F)cc([N+](=O)[O-])c1. The highest BCUT2D eigenvalue weighted by molar-refractivity contribution is 7.80. The van der Waals surface area contributed by atoms with Crippen molar-refractivity contribution in [2.75, 3.05) is 24.4 Å². The Morgan fingerprint density at radius 2 is 1.97 bits per heavy atom. The molecule has 7 nitrogen and oxygen atoms in total. The summed E-state index contributed by atoms with van der Waals surface area (Å²) in [7, 11) is 1.42. The first kappa shape index (κ1) is 23.4. The molecule has 0 spiro atoms. The summed E-state index contributed by atoms with van der Waals surface area (Å²) in [6, 6.07) is 7.65. The number of hydrogen-bond donors (Lipinski definition) is 2. The van der Waals surface area contributed by atoms with E-state index in [4.69, 9.17) is 28.6 Å². The number of benzene rings is 2. The third-order valence-corrected chi connectivity index (χ3v) is 3.96. The van der Waals surface area contributed by atoms with Gasteiger partial charge in [-0.25, -0.2) is 8.78 Å². The molecule has 2 N–H and O–H groups in total. The molecule has 0 aromatic heterocycles. The van der Waals surface area contributed by atoms with Crippen LogP contribution in [0.15, 0.2) is 36.4 Å². The molecule has 0 aliphatic carbocycles. The molecule has 2 rings (SSSR count). The zero-order valence-corrected chi connectivity index (χ0v) is 16.7. The Balaban J connectivity index is 2.20. The number of thiocarbonyl (C=S) groups is 1. The molecule has 0 fully saturated rings. The Labute approximate surface area is 178 Å². The van der Waals surface area contributed by atoms with E-state index in [1.165, 1.54) is 13.2 Å². The number of ether oxygens (including phenoxy) is 2. The van der Waals surface area contributed by atoms with Crippen molar-refractivity contribution in [2.45, 2.75) is 12.3 Å². The number of hydrogen-bond acceptors (Lipinski definition) is 5. The van der Waals surface area contributed by atoms with Crippen molar-refractivity contribution in [3.63, 3.8) is 0 Å². The van der Waals surface area contributed by atoms with Gasteiger partial charge in [0.05, 0.1) is 29.5 Å². The summed E-state index contributed by atoms with van der Waals surface area (Å²) in [5, 5.41) is 16.8. The van der Waals surface area contributed by atoms with Gasteiger partial charge in [0.25, 0.3) is 5.69 Å². The summed E-state index contributed by atoms with van der Waals surface area (Å²) in [6.07, 6.45) is -3.95. The number of anilines is 2. The largest absolute Gasteiger partial charge is 0.495 e. The Bertz CT molecular complexity index is 949. The van der Waals surface area contributed by atoms with Gasteiger partial charge in [-0.3, -0.25) is 10.1 Å². The lowest BCUT2D eigenvalue weighted by molar-refractivity contribution is -0.384. The maximum Gasteiger partial charge on any atom is 0.340 e. The van der Waals surface area contributed by atoms with Crippen LogP contribution < -0.4 is 20.1 Å². The lowest BCUT2D eigenvalue weighted by Crippen LogP contribution is -2.33. The Morgan fingerprint density at radius 1 is 1.27 bits per heavy atom. The molecular weight excluding hydrogens is 454 g/mol. The standard InChI is InChI=1S/C17H14ClF4N3O4S/c1-28-14-3-2-9(18)4-13(14)24-16(30)23-10-5-11(25(26)27)7-12(6-10)29-8-17(21,22)15(19)20/h2-7,15H,8H2,1H3,(H2,23,24,30). The molecule has 2 aromatic carbocycles. The zero-order valence-electron chi connectivity index (χ0n) is 15.1. The van der Waals surface area contributed by atoms with Crippen LogP contribution in [0, 0.1) is 10.1 Å². The number of nitro groups is 1. The Hall–Kier alpha value is -2.86. The second kappa shape index (κ2) is 9.76. The number of nitro benzene ring substituents is 1. The predicted octanol–water partition coefficient (Wildman–Crippen LogP) is 5.34. The van der Waals surface area contributed by atoms with E-state index in [1.807, 2.05) is 0 Å². The normalized spacial score (nSPS) is 11.2. The molecule has 162 valence electrons. The number of nitrogens with one attached hydrogen (secondary N) is 2. The molecule has 13 heteroatoms. The molecule has 30 heavy (non-hydrogen) atoms. The van der Waals surface area contributed by atoms with Crippen molar-refractivity contribution in [2.24, 2.45) is 0 Å². The molecule has 0 aliphatic rings. The van der Waals surface area contributed by atoms with Crippen LogP contribution in [0.25, 0.3) is 0 Å². The van der Waals surface area contributed by atoms with Crippen LogP contribution >= 0.6 is 23.8 Å². The summed E-state index contributed by atoms with van der Waals surface area (Å²) in [5.74, 6) is -4.44. The van der Waals surface area contributed by atoms with Crippen LogP contribution in [0.3, 0.4) is 0 Å². The maximum absolute atomic E-state index is 13.1. The summed E-state index contributed by atoms with van der Waals surface area (Å²) in [5.41, 5.74) is -0.141. The third kappa shape index (κ3) is 6.32. The average molecular weight is 468 g/mol. The van der Waals surface area contributed by atoms with Crippen molar-refractivity contribution in [3.05, 3.63) is 51.5 Å². The quantitative estimate of drug-likeness (QED) is 0.234. The van der Waals surface area contributed by atoms with Crippen molar-refractivity contribution >= 4 is 46.0 Å². The first-order valence-electron chi connectivity index (χ1n) is 8.01. The topological polar surface area (TPSA) is 85.7 Å². The van der Waals surface area contributed by atoms with E-state index in [0.717, 1.165) is 18.2 Å². The van der Waals surface area contributed by atoms with Gasteiger partial charge in [0.1, 0.15) is 11.5 Å². The van der Waals surface area contributed by atoms with Gasteiger partial charge in [0, 0.05) is 17.2 Å². The summed E-state index contributed by atoms with van der Waals surface area (Å²) >= 11 is 11.1. The number of nitrogens with zero attached hydrogens (tertiary/aromatic N) is 1. The molecule has 0 aliphatic heterocycles. The number of methoxy groups -OCH3 is 1. The van der Waals surface area contributed by atoms with Gasteiger partial charge in [0.15, 0.2) is 11.7 Å². The number of halogens is 5. The van der Waals surface area contributed by atoms with Gasteiger partial charge in [-0.1, -0.05) is 11.6 Å². The molecule has 2 aromatic rings. The van der Waals surface area contributed by atoms with Crippen LogP contribution in [-0.4, -0.2) is 36.1 Å².